The van der Waals surface area contributed by atoms with Crippen molar-refractivity contribution < 1.29 is 56.8 Å². The van der Waals surface area contributed by atoms with Crippen LogP contribution in [0.3, 0.4) is 0 Å². The molecule has 0 aliphatic heterocycles. The van der Waals surface area contributed by atoms with Gasteiger partial charge in [0.1, 0.15) is 53.9 Å². The molecule has 0 saturated heterocycles. The second-order valence-corrected chi connectivity index (χ2v) is 15.0. The molecule has 1 saturated carbocycles. The Balaban J connectivity index is 1.34. The van der Waals surface area contributed by atoms with Crippen LogP contribution in [0.1, 0.15) is 27.8 Å². The first-order valence-corrected chi connectivity index (χ1v) is 20.0. The van der Waals surface area contributed by atoms with Crippen LogP contribution in [0.2, 0.25) is 0 Å². The third-order valence-electron chi connectivity index (χ3n) is 9.51. The van der Waals surface area contributed by atoms with Crippen molar-refractivity contribution >= 4 is 7.82 Å². The second-order valence-electron chi connectivity index (χ2n) is 13.4. The van der Waals surface area contributed by atoms with Crippen LogP contribution >= 0.6 is 7.82 Å². The maximum absolute atomic E-state index is 14.9. The maximum atomic E-state index is 14.9. The number of methoxy groups -OCH3 is 3. The summed E-state index contributed by atoms with van der Waals surface area (Å²) in [4.78, 5) is 0. The van der Waals surface area contributed by atoms with Crippen LogP contribution in [0.5, 0.6) is 17.2 Å². The molecule has 1 aliphatic carbocycles. The molecule has 0 radical (unpaired) electrons. The lowest BCUT2D eigenvalue weighted by Gasteiger charge is -2.47. The van der Waals surface area contributed by atoms with Crippen LogP contribution in [0.25, 0.3) is 0 Å². The number of rotatable bonds is 20. The highest BCUT2D eigenvalue weighted by atomic mass is 31.2. The minimum atomic E-state index is -4.52. The molecule has 0 spiro atoms. The van der Waals surface area contributed by atoms with Crippen LogP contribution in [-0.2, 0) is 65.4 Å². The average Bonchev–Trinajstić information content (AvgIpc) is 3.26. The normalized spacial score (nSPS) is 20.9. The van der Waals surface area contributed by atoms with Crippen molar-refractivity contribution in [3.8, 4) is 17.2 Å². The van der Waals surface area contributed by atoms with Gasteiger partial charge in [-0.15, -0.1) is 0 Å². The van der Waals surface area contributed by atoms with E-state index in [2.05, 4.69) is 0 Å². The van der Waals surface area contributed by atoms with E-state index in [0.717, 1.165) is 27.8 Å². The zero-order chi connectivity index (χ0) is 40.0. The molecule has 2 N–H and O–H groups in total. The summed E-state index contributed by atoms with van der Waals surface area (Å²) in [5.41, 5.74) is 3.72. The van der Waals surface area contributed by atoms with E-state index >= 15 is 0 Å². The minimum absolute atomic E-state index is 0.00186. The van der Waals surface area contributed by atoms with Gasteiger partial charge in [-0.2, -0.15) is 0 Å². The monoisotopic (exact) mass is 800 g/mol. The van der Waals surface area contributed by atoms with Crippen molar-refractivity contribution in [2.75, 3.05) is 21.3 Å². The molecule has 1 aliphatic rings. The Morgan fingerprint density at radius 3 is 1.07 bits per heavy atom. The quantitative estimate of drug-likeness (QED) is 0.0757. The third kappa shape index (κ3) is 11.7. The standard InChI is InChI=1S/C44H49O12P/c1-48-36-20-14-33(15-21-36)26-51-41-39(45)42(52-27-34-16-22-37(49-2)23-17-34)44(43(40(41)46)53-28-35-18-24-38(50-3)25-19-35)56-57(47,54-29-31-10-6-4-7-11-31)55-30-32-12-8-5-9-13-32/h4-25,39-46H,26-30H2,1-3H3/t39-,40+,41?,42-,43-,44?/m1/s1. The van der Waals surface area contributed by atoms with Gasteiger partial charge in [-0.25, -0.2) is 4.57 Å². The van der Waals surface area contributed by atoms with E-state index in [1.807, 2.05) is 97.1 Å². The molecule has 1 fully saturated rings. The van der Waals surface area contributed by atoms with Gasteiger partial charge < -0.3 is 38.6 Å². The molecule has 13 heteroatoms. The van der Waals surface area contributed by atoms with Crippen LogP contribution in [-0.4, -0.2) is 68.2 Å². The summed E-state index contributed by atoms with van der Waals surface area (Å²) in [5.74, 6) is 1.99. The largest absolute Gasteiger partial charge is 0.497 e. The highest BCUT2D eigenvalue weighted by Crippen LogP contribution is 2.54. The lowest BCUT2D eigenvalue weighted by Crippen LogP contribution is -2.66. The average molecular weight is 801 g/mol. The predicted molar refractivity (Wildman–Crippen MR) is 212 cm³/mol. The topological polar surface area (TPSA) is 141 Å². The zero-order valence-electron chi connectivity index (χ0n) is 32.1. The summed E-state index contributed by atoms with van der Waals surface area (Å²) < 4.78 is 68.4. The highest BCUT2D eigenvalue weighted by molar-refractivity contribution is 7.48. The summed E-state index contributed by atoms with van der Waals surface area (Å²) in [5, 5.41) is 24.2. The Bertz CT molecular complexity index is 1850. The van der Waals surface area contributed by atoms with Crippen LogP contribution < -0.4 is 14.2 Å². The summed E-state index contributed by atoms with van der Waals surface area (Å²) in [7, 11) is 0.214. The van der Waals surface area contributed by atoms with Gasteiger partial charge in [0.15, 0.2) is 0 Å². The molecule has 0 amide bonds. The van der Waals surface area contributed by atoms with Crippen LogP contribution in [0, 0.1) is 0 Å². The fraction of sp³-hybridized carbons (Fsp3) is 0.318. The fourth-order valence-electron chi connectivity index (χ4n) is 6.30. The van der Waals surface area contributed by atoms with Gasteiger partial charge in [0, 0.05) is 0 Å². The number of hydrogen-bond donors (Lipinski definition) is 2. The Labute approximate surface area is 333 Å². The first kappa shape index (κ1) is 42.0. The Morgan fingerprint density at radius 1 is 0.421 bits per heavy atom. The van der Waals surface area contributed by atoms with Crippen LogP contribution in [0.15, 0.2) is 133 Å². The molecular formula is C44H49O12P. The molecule has 6 atom stereocenters. The molecule has 5 aromatic rings. The summed E-state index contributed by atoms with van der Waals surface area (Å²) in [6.45, 7) is -0.208. The molecule has 12 nitrogen and oxygen atoms in total. The van der Waals surface area contributed by atoms with Crippen molar-refractivity contribution in [1.82, 2.24) is 0 Å². The number of phosphoric acid groups is 1. The number of benzene rings is 5. The van der Waals surface area contributed by atoms with Crippen molar-refractivity contribution in [3.63, 3.8) is 0 Å². The first-order valence-electron chi connectivity index (χ1n) is 18.5. The number of aliphatic hydroxyl groups excluding tert-OH is 2. The lowest BCUT2D eigenvalue weighted by atomic mass is 9.84. The van der Waals surface area contributed by atoms with E-state index in [1.54, 1.807) is 57.7 Å². The maximum Gasteiger partial charge on any atom is 0.475 e. The van der Waals surface area contributed by atoms with E-state index in [1.165, 1.54) is 0 Å². The first-order chi connectivity index (χ1) is 27.8. The van der Waals surface area contributed by atoms with Crippen LogP contribution in [0.4, 0.5) is 0 Å². The minimum Gasteiger partial charge on any atom is -0.497 e. The van der Waals surface area contributed by atoms with E-state index in [4.69, 9.17) is 42.0 Å². The van der Waals surface area contributed by atoms with Gasteiger partial charge >= 0.3 is 7.82 Å². The van der Waals surface area contributed by atoms with Gasteiger partial charge in [-0.05, 0) is 64.2 Å². The number of aliphatic hydroxyl groups is 2. The van der Waals surface area contributed by atoms with E-state index in [-0.39, 0.29) is 33.0 Å². The molecule has 0 bridgehead atoms. The lowest BCUT2D eigenvalue weighted by molar-refractivity contribution is -0.259. The van der Waals surface area contributed by atoms with E-state index in [9.17, 15) is 14.8 Å². The van der Waals surface area contributed by atoms with Crippen molar-refractivity contribution in [1.29, 1.82) is 0 Å². The second kappa shape index (κ2) is 20.7. The van der Waals surface area contributed by atoms with Gasteiger partial charge in [-0.3, -0.25) is 13.6 Å². The van der Waals surface area contributed by atoms with Crippen molar-refractivity contribution in [2.45, 2.75) is 69.7 Å². The van der Waals surface area contributed by atoms with E-state index < -0.39 is 44.4 Å². The molecular weight excluding hydrogens is 751 g/mol. The van der Waals surface area contributed by atoms with E-state index in [0.29, 0.717) is 17.2 Å². The third-order valence-corrected chi connectivity index (χ3v) is 10.9. The summed E-state index contributed by atoms with van der Waals surface area (Å²) in [6.07, 6.45) is -8.18. The number of ether oxygens (including phenoxy) is 6. The molecule has 57 heavy (non-hydrogen) atoms. The summed E-state index contributed by atoms with van der Waals surface area (Å²) >= 11 is 0. The SMILES string of the molecule is COc1ccc(COC2[C@@H](O)[C@@H](OCc3ccc(OC)cc3)C(OP(=O)(OCc3ccccc3)OCc3ccccc3)[C@H](OCc3ccc(OC)cc3)[C@H]2O)cc1. The highest BCUT2D eigenvalue weighted by Gasteiger charge is 2.55. The Hall–Kier alpha value is -4.59. The molecule has 0 heterocycles. The van der Waals surface area contributed by atoms with Crippen molar-refractivity contribution in [3.05, 3.63) is 161 Å². The number of hydrogen-bond acceptors (Lipinski definition) is 12. The predicted octanol–water partition coefficient (Wildman–Crippen LogP) is 7.43. The molecule has 302 valence electrons. The number of phosphoric ester groups is 1. The smallest absolute Gasteiger partial charge is 0.475 e. The molecule has 2 unspecified atom stereocenters. The van der Waals surface area contributed by atoms with Gasteiger partial charge in [-0.1, -0.05) is 97.1 Å². The van der Waals surface area contributed by atoms with Gasteiger partial charge in [0.2, 0.25) is 0 Å². The summed E-state index contributed by atoms with van der Waals surface area (Å²) in [6, 6.07) is 40.0. The molecule has 0 aromatic heterocycles. The molecule has 5 aromatic carbocycles. The molecule has 6 rings (SSSR count). The zero-order valence-corrected chi connectivity index (χ0v) is 33.0. The Morgan fingerprint density at radius 2 is 0.737 bits per heavy atom. The van der Waals surface area contributed by atoms with Gasteiger partial charge in [0.05, 0.1) is 54.4 Å². The van der Waals surface area contributed by atoms with Crippen molar-refractivity contribution in [2.24, 2.45) is 0 Å². The fourth-order valence-corrected chi connectivity index (χ4v) is 7.65. The Kier molecular flexibility index (Phi) is 15.3. The van der Waals surface area contributed by atoms with Gasteiger partial charge in [0.25, 0.3) is 0 Å².